The summed E-state index contributed by atoms with van der Waals surface area (Å²) in [7, 11) is 1.71. The number of Topliss-reactive ketones (excluding diaryl/α,β-unsaturated/α-hetero) is 1. The van der Waals surface area contributed by atoms with E-state index in [1.165, 1.54) is 10.9 Å². The molecule has 0 fully saturated rings. The Morgan fingerprint density at radius 1 is 1.67 bits per heavy atom. The lowest BCUT2D eigenvalue weighted by Crippen LogP contribution is -2.47. The highest BCUT2D eigenvalue weighted by molar-refractivity contribution is 6.34. The van der Waals surface area contributed by atoms with Gasteiger partial charge < -0.3 is 5.32 Å². The van der Waals surface area contributed by atoms with Crippen LogP contribution in [0.15, 0.2) is 6.20 Å². The third kappa shape index (κ3) is 2.38. The molecule has 0 aromatic carbocycles. The fourth-order valence-electron chi connectivity index (χ4n) is 1.48. The minimum atomic E-state index is -0.619. The highest BCUT2D eigenvalue weighted by atomic mass is 35.5. The van der Waals surface area contributed by atoms with Crippen LogP contribution in [0.2, 0.25) is 5.02 Å². The Bertz CT molecular complexity index is 351. The van der Waals surface area contributed by atoms with Crippen molar-refractivity contribution in [2.24, 2.45) is 7.05 Å². The van der Waals surface area contributed by atoms with Gasteiger partial charge in [-0.05, 0) is 20.4 Å². The monoisotopic (exact) mass is 229 g/mol. The number of nitrogens with one attached hydrogen (secondary N) is 1. The molecule has 15 heavy (non-hydrogen) atoms. The first kappa shape index (κ1) is 12.2. The first-order valence-electron chi connectivity index (χ1n) is 4.87. The Morgan fingerprint density at radius 2 is 2.27 bits per heavy atom. The number of halogens is 1. The third-order valence-electron chi connectivity index (χ3n) is 2.30. The van der Waals surface area contributed by atoms with Crippen LogP contribution in [0.4, 0.5) is 0 Å². The summed E-state index contributed by atoms with van der Waals surface area (Å²) in [6.45, 7) is 6.36. The van der Waals surface area contributed by atoms with Gasteiger partial charge in [-0.2, -0.15) is 5.10 Å². The molecule has 1 heterocycles. The van der Waals surface area contributed by atoms with Gasteiger partial charge in [-0.1, -0.05) is 18.5 Å². The maximum Gasteiger partial charge on any atom is 0.201 e. The van der Waals surface area contributed by atoms with Gasteiger partial charge in [0.1, 0.15) is 5.69 Å². The van der Waals surface area contributed by atoms with Crippen molar-refractivity contribution in [2.45, 2.75) is 26.3 Å². The molecule has 0 aliphatic rings. The van der Waals surface area contributed by atoms with E-state index in [4.69, 9.17) is 11.6 Å². The van der Waals surface area contributed by atoms with E-state index in [0.717, 1.165) is 6.54 Å². The molecule has 0 bridgehead atoms. The molecule has 0 atom stereocenters. The van der Waals surface area contributed by atoms with Crippen molar-refractivity contribution in [3.63, 3.8) is 0 Å². The van der Waals surface area contributed by atoms with Crippen LogP contribution in [0.5, 0.6) is 0 Å². The standard InChI is InChI=1S/C10H16ClN3O/c1-5-12-10(2,3)9(15)8-7(11)6-13-14(8)4/h6,12H,5H2,1-4H3. The summed E-state index contributed by atoms with van der Waals surface area (Å²) in [5.74, 6) is -0.0469. The normalized spacial score (nSPS) is 11.8. The number of carbonyl (C=O) groups is 1. The van der Waals surface area contributed by atoms with Gasteiger partial charge >= 0.3 is 0 Å². The molecule has 1 rings (SSSR count). The van der Waals surface area contributed by atoms with Crippen molar-refractivity contribution >= 4 is 17.4 Å². The fourth-order valence-corrected chi connectivity index (χ4v) is 1.74. The number of nitrogens with zero attached hydrogens (tertiary/aromatic N) is 2. The predicted molar refractivity (Wildman–Crippen MR) is 60.3 cm³/mol. The topological polar surface area (TPSA) is 46.9 Å². The Labute approximate surface area is 94.6 Å². The predicted octanol–water partition coefficient (Wildman–Crippen LogP) is 1.64. The number of ketones is 1. The third-order valence-corrected chi connectivity index (χ3v) is 2.57. The molecule has 0 radical (unpaired) electrons. The van der Waals surface area contributed by atoms with Crippen LogP contribution < -0.4 is 5.32 Å². The summed E-state index contributed by atoms with van der Waals surface area (Å²) in [5.41, 5.74) is -0.172. The molecule has 0 saturated carbocycles. The zero-order valence-corrected chi connectivity index (χ0v) is 10.2. The molecule has 0 aliphatic heterocycles. The summed E-state index contributed by atoms with van der Waals surface area (Å²) in [4.78, 5) is 12.2. The van der Waals surface area contributed by atoms with Crippen molar-refractivity contribution in [3.05, 3.63) is 16.9 Å². The fraction of sp³-hybridized carbons (Fsp3) is 0.600. The SMILES string of the molecule is CCNC(C)(C)C(=O)c1c(Cl)cnn1C. The smallest absolute Gasteiger partial charge is 0.201 e. The zero-order chi connectivity index (χ0) is 11.6. The Hall–Kier alpha value is -0.870. The minimum absolute atomic E-state index is 0.0469. The van der Waals surface area contributed by atoms with E-state index in [2.05, 4.69) is 10.4 Å². The molecule has 1 N–H and O–H groups in total. The second-order valence-electron chi connectivity index (χ2n) is 3.95. The quantitative estimate of drug-likeness (QED) is 0.799. The van der Waals surface area contributed by atoms with Gasteiger partial charge in [-0.15, -0.1) is 0 Å². The average molecular weight is 230 g/mol. The molecule has 1 aromatic rings. The van der Waals surface area contributed by atoms with E-state index >= 15 is 0 Å². The summed E-state index contributed by atoms with van der Waals surface area (Å²) in [5, 5.41) is 7.46. The number of likely N-dealkylation sites (N-methyl/N-ethyl adjacent to an activating group) is 1. The van der Waals surface area contributed by atoms with E-state index in [9.17, 15) is 4.79 Å². The molecule has 4 nitrogen and oxygen atoms in total. The molecule has 0 unspecified atom stereocenters. The van der Waals surface area contributed by atoms with Gasteiger partial charge in [-0.25, -0.2) is 0 Å². The molecular weight excluding hydrogens is 214 g/mol. The van der Waals surface area contributed by atoms with Gasteiger partial charge in [0.05, 0.1) is 16.8 Å². The lowest BCUT2D eigenvalue weighted by Gasteiger charge is -2.24. The van der Waals surface area contributed by atoms with Crippen molar-refractivity contribution in [1.29, 1.82) is 0 Å². The number of aromatic nitrogens is 2. The van der Waals surface area contributed by atoms with Crippen molar-refractivity contribution in [2.75, 3.05) is 6.54 Å². The zero-order valence-electron chi connectivity index (χ0n) is 9.47. The number of hydrogen-bond donors (Lipinski definition) is 1. The van der Waals surface area contributed by atoms with Crippen LogP contribution in [-0.2, 0) is 7.05 Å². The highest BCUT2D eigenvalue weighted by Crippen LogP contribution is 2.20. The molecule has 0 aliphatic carbocycles. The van der Waals surface area contributed by atoms with Crippen LogP contribution in [-0.4, -0.2) is 27.6 Å². The summed E-state index contributed by atoms with van der Waals surface area (Å²) in [6, 6.07) is 0. The van der Waals surface area contributed by atoms with Crippen molar-refractivity contribution in [1.82, 2.24) is 15.1 Å². The molecule has 5 heteroatoms. The second kappa shape index (κ2) is 4.33. The maximum absolute atomic E-state index is 12.2. The summed E-state index contributed by atoms with van der Waals surface area (Å²) >= 11 is 5.91. The number of hydrogen-bond acceptors (Lipinski definition) is 3. The Morgan fingerprint density at radius 3 is 2.67 bits per heavy atom. The van der Waals surface area contributed by atoms with Gasteiger partial charge in [0, 0.05) is 7.05 Å². The molecular formula is C10H16ClN3O. The minimum Gasteiger partial charge on any atom is -0.305 e. The van der Waals surface area contributed by atoms with Crippen LogP contribution in [0, 0.1) is 0 Å². The van der Waals surface area contributed by atoms with Gasteiger partial charge in [0.25, 0.3) is 0 Å². The van der Waals surface area contributed by atoms with E-state index in [0.29, 0.717) is 10.7 Å². The number of aryl methyl sites for hydroxylation is 1. The first-order valence-corrected chi connectivity index (χ1v) is 5.25. The number of rotatable bonds is 4. The van der Waals surface area contributed by atoms with E-state index in [-0.39, 0.29) is 5.78 Å². The average Bonchev–Trinajstić information content (AvgIpc) is 2.45. The van der Waals surface area contributed by atoms with Crippen LogP contribution in [0.25, 0.3) is 0 Å². The Balaban J connectivity index is 3.04. The second-order valence-corrected chi connectivity index (χ2v) is 4.36. The Kier molecular flexibility index (Phi) is 3.52. The van der Waals surface area contributed by atoms with Crippen LogP contribution >= 0.6 is 11.6 Å². The largest absolute Gasteiger partial charge is 0.305 e. The van der Waals surface area contributed by atoms with E-state index in [1.807, 2.05) is 20.8 Å². The van der Waals surface area contributed by atoms with Crippen LogP contribution in [0.1, 0.15) is 31.3 Å². The summed E-state index contributed by atoms with van der Waals surface area (Å²) in [6.07, 6.45) is 1.48. The van der Waals surface area contributed by atoms with E-state index in [1.54, 1.807) is 7.05 Å². The van der Waals surface area contributed by atoms with Gasteiger partial charge in [0.15, 0.2) is 0 Å². The van der Waals surface area contributed by atoms with Gasteiger partial charge in [-0.3, -0.25) is 9.48 Å². The van der Waals surface area contributed by atoms with Gasteiger partial charge in [0.2, 0.25) is 5.78 Å². The maximum atomic E-state index is 12.2. The molecule has 84 valence electrons. The lowest BCUT2D eigenvalue weighted by molar-refractivity contribution is 0.0874. The van der Waals surface area contributed by atoms with Crippen LogP contribution in [0.3, 0.4) is 0 Å². The molecule has 0 spiro atoms. The van der Waals surface area contributed by atoms with Crippen molar-refractivity contribution < 1.29 is 4.79 Å². The molecule has 0 amide bonds. The molecule has 0 saturated heterocycles. The number of carbonyl (C=O) groups excluding carboxylic acids is 1. The lowest BCUT2D eigenvalue weighted by atomic mass is 9.96. The summed E-state index contributed by atoms with van der Waals surface area (Å²) < 4.78 is 1.50. The first-order chi connectivity index (χ1) is 6.90. The van der Waals surface area contributed by atoms with E-state index < -0.39 is 5.54 Å². The highest BCUT2D eigenvalue weighted by Gasteiger charge is 2.31. The van der Waals surface area contributed by atoms with Crippen molar-refractivity contribution in [3.8, 4) is 0 Å². The molecule has 1 aromatic heterocycles.